The van der Waals surface area contributed by atoms with Gasteiger partial charge in [0.1, 0.15) is 0 Å². The normalized spacial score (nSPS) is 10.9. The Kier molecular flexibility index (Phi) is 6.23. The van der Waals surface area contributed by atoms with E-state index in [9.17, 15) is 0 Å². The number of unbranched alkanes of at least 4 members (excludes halogenated alkanes) is 2. The molecule has 0 rings (SSSR count). The van der Waals surface area contributed by atoms with E-state index in [1.54, 1.807) is 0 Å². The molecule has 0 aliphatic rings. The summed E-state index contributed by atoms with van der Waals surface area (Å²) >= 11 is 4.54. The van der Waals surface area contributed by atoms with Crippen molar-refractivity contribution in [1.82, 2.24) is 0 Å². The molecule has 0 spiro atoms. The van der Waals surface area contributed by atoms with E-state index in [2.05, 4.69) is 43.1 Å². The molecule has 0 aromatic carbocycles. The minimum absolute atomic E-state index is 0.307. The van der Waals surface area contributed by atoms with Crippen LogP contribution in [0.3, 0.4) is 0 Å². The highest BCUT2D eigenvalue weighted by Gasteiger charge is 2.15. The first-order valence-corrected chi connectivity index (χ1v) is 5.07. The van der Waals surface area contributed by atoms with Crippen molar-refractivity contribution >= 4 is 17.4 Å². The molecule has 0 aromatic heterocycles. The zero-order chi connectivity index (χ0) is 9.45. The van der Waals surface area contributed by atoms with Crippen LogP contribution in [0.5, 0.6) is 0 Å². The van der Waals surface area contributed by atoms with Gasteiger partial charge in [-0.3, -0.25) is 0 Å². The highest BCUT2D eigenvalue weighted by atomic mass is 32.1. The van der Waals surface area contributed by atoms with Crippen molar-refractivity contribution < 1.29 is 0 Å². The first-order valence-electron chi connectivity index (χ1n) is 4.66. The van der Waals surface area contributed by atoms with Crippen LogP contribution in [0.4, 0.5) is 0 Å². The molecule has 0 aliphatic carbocycles. The lowest BCUT2D eigenvalue weighted by atomic mass is 9.87. The largest absolute Gasteiger partial charge is 0.232 e. The zero-order valence-corrected chi connectivity index (χ0v) is 9.21. The third-order valence-electron chi connectivity index (χ3n) is 2.03. The van der Waals surface area contributed by atoms with E-state index < -0.39 is 0 Å². The van der Waals surface area contributed by atoms with E-state index in [0.717, 1.165) is 6.54 Å². The van der Waals surface area contributed by atoms with Gasteiger partial charge in [-0.1, -0.05) is 40.0 Å². The third-order valence-corrected chi connectivity index (χ3v) is 2.16. The first kappa shape index (κ1) is 11.8. The van der Waals surface area contributed by atoms with Gasteiger partial charge in [-0.15, -0.1) is 0 Å². The third kappa shape index (κ3) is 6.51. The fourth-order valence-electron chi connectivity index (χ4n) is 1.18. The number of hydrogen-bond acceptors (Lipinski definition) is 2. The number of isothiocyanates is 1. The van der Waals surface area contributed by atoms with Gasteiger partial charge >= 0.3 is 0 Å². The summed E-state index contributed by atoms with van der Waals surface area (Å²) in [5.74, 6) is 0. The Hall–Kier alpha value is -0.200. The molecule has 0 radical (unpaired) electrons. The SMILES string of the molecule is CCCCCC(C)(C)CN=C=S. The summed E-state index contributed by atoms with van der Waals surface area (Å²) in [4.78, 5) is 3.99. The van der Waals surface area contributed by atoms with Crippen LogP contribution in [0.15, 0.2) is 4.99 Å². The average Bonchev–Trinajstić information content (AvgIpc) is 2.01. The smallest absolute Gasteiger partial charge is 0.0585 e. The Morgan fingerprint density at radius 3 is 2.50 bits per heavy atom. The summed E-state index contributed by atoms with van der Waals surface area (Å²) in [7, 11) is 0. The number of aliphatic imine (C=N–C) groups is 1. The number of nitrogens with zero attached hydrogens (tertiary/aromatic N) is 1. The molecule has 0 aliphatic heterocycles. The lowest BCUT2D eigenvalue weighted by Gasteiger charge is -2.21. The number of rotatable bonds is 6. The zero-order valence-electron chi connectivity index (χ0n) is 8.39. The molecule has 0 amide bonds. The van der Waals surface area contributed by atoms with Crippen LogP contribution in [-0.4, -0.2) is 11.7 Å². The van der Waals surface area contributed by atoms with Gasteiger partial charge in [0.15, 0.2) is 0 Å². The second-order valence-electron chi connectivity index (χ2n) is 4.03. The molecule has 70 valence electrons. The lowest BCUT2D eigenvalue weighted by Crippen LogP contribution is -2.15. The maximum atomic E-state index is 4.54. The molecule has 0 saturated carbocycles. The van der Waals surface area contributed by atoms with Gasteiger partial charge in [0, 0.05) is 0 Å². The number of hydrogen-bond donors (Lipinski definition) is 0. The van der Waals surface area contributed by atoms with Crippen molar-refractivity contribution in [2.24, 2.45) is 10.4 Å². The standard InChI is InChI=1S/C10H19NS/c1-4-5-6-7-10(2,3)8-11-9-12/h4-8H2,1-3H3. The second-order valence-corrected chi connectivity index (χ2v) is 4.21. The Morgan fingerprint density at radius 1 is 1.33 bits per heavy atom. The summed E-state index contributed by atoms with van der Waals surface area (Å²) in [6, 6.07) is 0. The summed E-state index contributed by atoms with van der Waals surface area (Å²) in [5, 5.41) is 2.42. The Labute approximate surface area is 81.3 Å². The average molecular weight is 185 g/mol. The molecule has 0 N–H and O–H groups in total. The van der Waals surface area contributed by atoms with Crippen LogP contribution >= 0.6 is 12.2 Å². The van der Waals surface area contributed by atoms with Gasteiger partial charge in [0.25, 0.3) is 0 Å². The van der Waals surface area contributed by atoms with Crippen LogP contribution in [-0.2, 0) is 0 Å². The van der Waals surface area contributed by atoms with Crippen LogP contribution < -0.4 is 0 Å². The summed E-state index contributed by atoms with van der Waals surface area (Å²) in [6.07, 6.45) is 5.15. The van der Waals surface area contributed by atoms with Crippen molar-refractivity contribution in [3.63, 3.8) is 0 Å². The van der Waals surface area contributed by atoms with Crippen molar-refractivity contribution in [3.05, 3.63) is 0 Å². The molecule has 0 atom stereocenters. The van der Waals surface area contributed by atoms with Crippen molar-refractivity contribution in [2.75, 3.05) is 6.54 Å². The Morgan fingerprint density at radius 2 is 2.00 bits per heavy atom. The monoisotopic (exact) mass is 185 g/mol. The molecule has 0 bridgehead atoms. The van der Waals surface area contributed by atoms with Gasteiger partial charge in [0.05, 0.1) is 11.7 Å². The quantitative estimate of drug-likeness (QED) is 0.349. The van der Waals surface area contributed by atoms with E-state index >= 15 is 0 Å². The van der Waals surface area contributed by atoms with E-state index in [-0.39, 0.29) is 0 Å². The van der Waals surface area contributed by atoms with Gasteiger partial charge in [-0.2, -0.15) is 0 Å². The predicted molar refractivity (Wildman–Crippen MR) is 57.8 cm³/mol. The fourth-order valence-corrected chi connectivity index (χ4v) is 1.24. The minimum Gasteiger partial charge on any atom is -0.232 e. The van der Waals surface area contributed by atoms with Gasteiger partial charge < -0.3 is 0 Å². The molecule has 0 saturated heterocycles. The topological polar surface area (TPSA) is 12.4 Å². The van der Waals surface area contributed by atoms with Crippen molar-refractivity contribution in [1.29, 1.82) is 0 Å². The molecule has 0 heterocycles. The summed E-state index contributed by atoms with van der Waals surface area (Å²) in [5.41, 5.74) is 0.307. The second kappa shape index (κ2) is 6.33. The van der Waals surface area contributed by atoms with Crippen LogP contribution in [0.1, 0.15) is 46.5 Å². The molecule has 0 unspecified atom stereocenters. The summed E-state index contributed by atoms with van der Waals surface area (Å²) in [6.45, 7) is 7.51. The highest BCUT2D eigenvalue weighted by molar-refractivity contribution is 7.78. The highest BCUT2D eigenvalue weighted by Crippen LogP contribution is 2.23. The van der Waals surface area contributed by atoms with Crippen LogP contribution in [0, 0.1) is 5.41 Å². The molecule has 1 nitrogen and oxygen atoms in total. The predicted octanol–water partition coefficient (Wildman–Crippen LogP) is 3.70. The molecule has 2 heteroatoms. The van der Waals surface area contributed by atoms with E-state index in [0.29, 0.717) is 5.41 Å². The summed E-state index contributed by atoms with van der Waals surface area (Å²) < 4.78 is 0. The van der Waals surface area contributed by atoms with Crippen molar-refractivity contribution in [3.8, 4) is 0 Å². The number of thiocarbonyl (C=S) groups is 1. The Balaban J connectivity index is 3.62. The molecule has 12 heavy (non-hydrogen) atoms. The van der Waals surface area contributed by atoms with E-state index in [1.807, 2.05) is 0 Å². The Bertz CT molecular complexity index is 157. The maximum Gasteiger partial charge on any atom is 0.0585 e. The van der Waals surface area contributed by atoms with Gasteiger partial charge in [0.2, 0.25) is 0 Å². The molecular formula is C10H19NS. The first-order chi connectivity index (χ1) is 5.62. The van der Waals surface area contributed by atoms with Gasteiger partial charge in [-0.25, -0.2) is 4.99 Å². The fraction of sp³-hybridized carbons (Fsp3) is 0.900. The lowest BCUT2D eigenvalue weighted by molar-refractivity contribution is 0.334. The van der Waals surface area contributed by atoms with Crippen molar-refractivity contribution in [2.45, 2.75) is 46.5 Å². The maximum absolute atomic E-state index is 4.54. The minimum atomic E-state index is 0.307. The molecule has 0 aromatic rings. The van der Waals surface area contributed by atoms with Crippen LogP contribution in [0.25, 0.3) is 0 Å². The van der Waals surface area contributed by atoms with E-state index in [1.165, 1.54) is 25.7 Å². The molecule has 0 fully saturated rings. The molecular weight excluding hydrogens is 166 g/mol. The van der Waals surface area contributed by atoms with Gasteiger partial charge in [-0.05, 0) is 24.1 Å². The van der Waals surface area contributed by atoms with Crippen LogP contribution in [0.2, 0.25) is 0 Å². The van der Waals surface area contributed by atoms with E-state index in [4.69, 9.17) is 0 Å².